The summed E-state index contributed by atoms with van der Waals surface area (Å²) in [6, 6.07) is 9.35. The van der Waals surface area contributed by atoms with Gasteiger partial charge < -0.3 is 10.6 Å². The highest BCUT2D eigenvalue weighted by atomic mass is 16.2. The number of carbonyl (C=O) groups excluding carboxylic acids is 1. The van der Waals surface area contributed by atoms with E-state index in [4.69, 9.17) is 0 Å². The lowest BCUT2D eigenvalue weighted by atomic mass is 10.2. The van der Waals surface area contributed by atoms with Gasteiger partial charge in [0.2, 0.25) is 0 Å². The first-order chi connectivity index (χ1) is 9.20. The number of amides is 2. The van der Waals surface area contributed by atoms with Gasteiger partial charge in [0, 0.05) is 18.4 Å². The molecule has 0 spiro atoms. The molecule has 1 atom stereocenters. The molecular formula is C14H18N4O. The molecule has 2 rings (SSSR count). The second-order valence-corrected chi connectivity index (χ2v) is 4.38. The van der Waals surface area contributed by atoms with Crippen LogP contribution in [-0.2, 0) is 0 Å². The Balaban J connectivity index is 2.15. The minimum atomic E-state index is -0.200. The third kappa shape index (κ3) is 3.34. The highest BCUT2D eigenvalue weighted by Crippen LogP contribution is 2.18. The standard InChI is InChI=1S/C14H18N4O/c1-3-11(2)16-14(19)17-12-7-4-5-8-13(12)18-10-6-9-15-18/h4-11H,3H2,1-2H3,(H2,16,17,19)/t11-/m0/s1. The average Bonchev–Trinajstić information content (AvgIpc) is 2.93. The Hall–Kier alpha value is -2.30. The smallest absolute Gasteiger partial charge is 0.319 e. The number of aromatic nitrogens is 2. The summed E-state index contributed by atoms with van der Waals surface area (Å²) in [6.07, 6.45) is 4.44. The zero-order valence-corrected chi connectivity index (χ0v) is 11.1. The Bertz CT molecular complexity index is 536. The number of benzene rings is 1. The van der Waals surface area contributed by atoms with Crippen molar-refractivity contribution in [2.75, 3.05) is 5.32 Å². The van der Waals surface area contributed by atoms with Crippen LogP contribution in [0.1, 0.15) is 20.3 Å². The summed E-state index contributed by atoms with van der Waals surface area (Å²) in [7, 11) is 0. The molecule has 0 saturated heterocycles. The van der Waals surface area contributed by atoms with Gasteiger partial charge in [-0.05, 0) is 31.5 Å². The lowest BCUT2D eigenvalue weighted by molar-refractivity contribution is 0.249. The van der Waals surface area contributed by atoms with Gasteiger partial charge >= 0.3 is 6.03 Å². The number of urea groups is 1. The van der Waals surface area contributed by atoms with E-state index in [0.717, 1.165) is 17.8 Å². The van der Waals surface area contributed by atoms with Crippen molar-refractivity contribution in [3.8, 4) is 5.69 Å². The largest absolute Gasteiger partial charge is 0.335 e. The lowest BCUT2D eigenvalue weighted by Gasteiger charge is -2.14. The van der Waals surface area contributed by atoms with Crippen LogP contribution in [0, 0.1) is 0 Å². The second-order valence-electron chi connectivity index (χ2n) is 4.38. The first-order valence-electron chi connectivity index (χ1n) is 6.37. The van der Waals surface area contributed by atoms with Crippen molar-refractivity contribution in [3.05, 3.63) is 42.7 Å². The molecule has 2 amide bonds. The fourth-order valence-corrected chi connectivity index (χ4v) is 1.67. The lowest BCUT2D eigenvalue weighted by Crippen LogP contribution is -2.35. The predicted molar refractivity (Wildman–Crippen MR) is 75.5 cm³/mol. The van der Waals surface area contributed by atoms with Crippen LogP contribution in [0.3, 0.4) is 0 Å². The topological polar surface area (TPSA) is 59.0 Å². The van der Waals surface area contributed by atoms with E-state index in [9.17, 15) is 4.79 Å². The van der Waals surface area contributed by atoms with Gasteiger partial charge in [-0.3, -0.25) is 0 Å². The van der Waals surface area contributed by atoms with Gasteiger partial charge in [0.1, 0.15) is 0 Å². The van der Waals surface area contributed by atoms with E-state index >= 15 is 0 Å². The van der Waals surface area contributed by atoms with Gasteiger partial charge in [-0.1, -0.05) is 19.1 Å². The number of hydrogen-bond donors (Lipinski definition) is 2. The molecule has 0 unspecified atom stereocenters. The van der Waals surface area contributed by atoms with Crippen molar-refractivity contribution in [2.24, 2.45) is 0 Å². The van der Waals surface area contributed by atoms with E-state index in [1.54, 1.807) is 10.9 Å². The Morgan fingerprint density at radius 2 is 2.16 bits per heavy atom. The number of nitrogens with one attached hydrogen (secondary N) is 2. The molecule has 0 fully saturated rings. The van der Waals surface area contributed by atoms with Crippen LogP contribution in [0.5, 0.6) is 0 Å². The zero-order valence-electron chi connectivity index (χ0n) is 11.1. The molecule has 19 heavy (non-hydrogen) atoms. The molecule has 2 aromatic rings. The number of carbonyl (C=O) groups is 1. The molecule has 0 saturated carbocycles. The fourth-order valence-electron chi connectivity index (χ4n) is 1.67. The Morgan fingerprint density at radius 3 is 2.84 bits per heavy atom. The van der Waals surface area contributed by atoms with Crippen molar-refractivity contribution in [1.29, 1.82) is 0 Å². The van der Waals surface area contributed by atoms with Crippen LogP contribution in [0.4, 0.5) is 10.5 Å². The summed E-state index contributed by atoms with van der Waals surface area (Å²) in [6.45, 7) is 4.00. The molecule has 0 aliphatic carbocycles. The van der Waals surface area contributed by atoms with E-state index in [-0.39, 0.29) is 12.1 Å². The molecule has 0 aliphatic rings. The zero-order chi connectivity index (χ0) is 13.7. The van der Waals surface area contributed by atoms with Crippen molar-refractivity contribution in [3.63, 3.8) is 0 Å². The van der Waals surface area contributed by atoms with Gasteiger partial charge in [-0.15, -0.1) is 0 Å². The summed E-state index contributed by atoms with van der Waals surface area (Å²) < 4.78 is 1.72. The van der Waals surface area contributed by atoms with Gasteiger partial charge in [-0.2, -0.15) is 5.10 Å². The summed E-state index contributed by atoms with van der Waals surface area (Å²) in [4.78, 5) is 11.9. The molecule has 5 heteroatoms. The van der Waals surface area contributed by atoms with Crippen LogP contribution in [0.15, 0.2) is 42.7 Å². The molecule has 1 aromatic carbocycles. The van der Waals surface area contributed by atoms with Crippen molar-refractivity contribution in [1.82, 2.24) is 15.1 Å². The molecule has 100 valence electrons. The third-order valence-electron chi connectivity index (χ3n) is 2.89. The van der Waals surface area contributed by atoms with Crippen LogP contribution in [0.25, 0.3) is 5.69 Å². The second kappa shape index (κ2) is 6.04. The fraction of sp³-hybridized carbons (Fsp3) is 0.286. The van der Waals surface area contributed by atoms with Crippen LogP contribution in [-0.4, -0.2) is 21.9 Å². The van der Waals surface area contributed by atoms with E-state index in [2.05, 4.69) is 15.7 Å². The van der Waals surface area contributed by atoms with E-state index in [0.29, 0.717) is 0 Å². The van der Waals surface area contributed by atoms with Crippen LogP contribution >= 0.6 is 0 Å². The van der Waals surface area contributed by atoms with Gasteiger partial charge in [0.15, 0.2) is 0 Å². The SMILES string of the molecule is CC[C@H](C)NC(=O)Nc1ccccc1-n1cccn1. The summed E-state index contributed by atoms with van der Waals surface area (Å²) in [5.41, 5.74) is 1.57. The molecular weight excluding hydrogens is 240 g/mol. The normalized spacial score (nSPS) is 11.9. The maximum Gasteiger partial charge on any atom is 0.319 e. The summed E-state index contributed by atoms with van der Waals surface area (Å²) >= 11 is 0. The minimum absolute atomic E-state index is 0.150. The quantitative estimate of drug-likeness (QED) is 0.886. The Kier molecular flexibility index (Phi) is 4.18. The first-order valence-corrected chi connectivity index (χ1v) is 6.37. The molecule has 1 aromatic heterocycles. The molecule has 0 bridgehead atoms. The van der Waals surface area contributed by atoms with E-state index in [1.807, 2.05) is 50.4 Å². The minimum Gasteiger partial charge on any atom is -0.335 e. The Morgan fingerprint density at radius 1 is 1.37 bits per heavy atom. The van der Waals surface area contributed by atoms with Gasteiger partial charge in [-0.25, -0.2) is 9.48 Å². The number of para-hydroxylation sites is 2. The number of rotatable bonds is 4. The van der Waals surface area contributed by atoms with Crippen molar-refractivity contribution >= 4 is 11.7 Å². The number of hydrogen-bond acceptors (Lipinski definition) is 2. The molecule has 2 N–H and O–H groups in total. The number of nitrogens with zero attached hydrogens (tertiary/aromatic N) is 2. The van der Waals surface area contributed by atoms with Crippen molar-refractivity contribution in [2.45, 2.75) is 26.3 Å². The summed E-state index contributed by atoms with van der Waals surface area (Å²) in [5.74, 6) is 0. The Labute approximate surface area is 112 Å². The molecule has 5 nitrogen and oxygen atoms in total. The number of anilines is 1. The maximum absolute atomic E-state index is 11.9. The molecule has 0 aliphatic heterocycles. The van der Waals surface area contributed by atoms with Crippen LogP contribution < -0.4 is 10.6 Å². The first kappa shape index (κ1) is 13.1. The van der Waals surface area contributed by atoms with Gasteiger partial charge in [0.25, 0.3) is 0 Å². The highest BCUT2D eigenvalue weighted by molar-refractivity contribution is 5.91. The third-order valence-corrected chi connectivity index (χ3v) is 2.89. The monoisotopic (exact) mass is 258 g/mol. The van der Waals surface area contributed by atoms with Gasteiger partial charge in [0.05, 0.1) is 11.4 Å². The maximum atomic E-state index is 11.9. The predicted octanol–water partition coefficient (Wildman–Crippen LogP) is 2.79. The van der Waals surface area contributed by atoms with E-state index in [1.165, 1.54) is 0 Å². The summed E-state index contributed by atoms with van der Waals surface area (Å²) in [5, 5.41) is 9.90. The van der Waals surface area contributed by atoms with Crippen molar-refractivity contribution < 1.29 is 4.79 Å². The molecule has 0 radical (unpaired) electrons. The molecule has 1 heterocycles. The average molecular weight is 258 g/mol. The van der Waals surface area contributed by atoms with Crippen LogP contribution in [0.2, 0.25) is 0 Å². The van der Waals surface area contributed by atoms with E-state index < -0.39 is 0 Å². The highest BCUT2D eigenvalue weighted by Gasteiger charge is 2.09.